The van der Waals surface area contributed by atoms with Crippen molar-refractivity contribution >= 4 is 17.8 Å². The molecule has 2 heterocycles. The molecule has 2 aliphatic rings. The zero-order chi connectivity index (χ0) is 25.2. The number of cyclic esters (lactones) is 1. The van der Waals surface area contributed by atoms with Crippen LogP contribution in [-0.2, 0) is 14.4 Å². The van der Waals surface area contributed by atoms with Crippen molar-refractivity contribution in [2.24, 2.45) is 28.8 Å². The van der Waals surface area contributed by atoms with Crippen molar-refractivity contribution in [1.82, 2.24) is 4.98 Å². The number of hydrogen-bond acceptors (Lipinski definition) is 6. The molecule has 1 N–H and O–H groups in total. The average Bonchev–Trinajstić information content (AvgIpc) is 3.08. The van der Waals surface area contributed by atoms with Gasteiger partial charge in [-0.05, 0) is 62.7 Å². The third kappa shape index (κ3) is 4.76. The number of rotatable bonds is 7. The van der Waals surface area contributed by atoms with E-state index in [1.807, 2.05) is 57.3 Å². The van der Waals surface area contributed by atoms with Crippen LogP contribution in [0, 0.1) is 23.7 Å². The molecule has 6 nitrogen and oxygen atoms in total. The Morgan fingerprint density at radius 3 is 2.71 bits per heavy atom. The van der Waals surface area contributed by atoms with Crippen LogP contribution >= 0.6 is 0 Å². The first-order chi connectivity index (χ1) is 16.8. The third-order valence-corrected chi connectivity index (χ3v) is 7.68. The molecule has 6 unspecified atom stereocenters. The van der Waals surface area contributed by atoms with Crippen molar-refractivity contribution < 1.29 is 19.5 Å². The van der Waals surface area contributed by atoms with Gasteiger partial charge in [0.2, 0.25) is 0 Å². The Kier molecular flexibility index (Phi) is 7.41. The number of aromatic nitrogens is 1. The van der Waals surface area contributed by atoms with Crippen molar-refractivity contribution in [2.45, 2.75) is 59.2 Å². The standard InChI is InChI=1S/C29H36N2O4/c1-6-23-18(3)16-29(33)27(20(5)35-28(29)32)26(23)15-14-22-13-12-21(17-30-22)25-11-9-8-10-24(25)19(4)31-34-7-2/h8-15,17-18,20,23,26-27,33H,6-7,16H2,1-5H3/b15-14+,31-19+. The number of carbonyl (C=O) groups excluding carboxylic acids is 1. The Morgan fingerprint density at radius 2 is 2.03 bits per heavy atom. The number of pyridine rings is 1. The molecule has 1 aliphatic heterocycles. The fraction of sp³-hybridized carbons (Fsp3) is 0.483. The number of fused-ring (bicyclic) bond motifs is 1. The van der Waals surface area contributed by atoms with Crippen LogP contribution in [0.4, 0.5) is 0 Å². The molecule has 1 saturated heterocycles. The fourth-order valence-electron chi connectivity index (χ4n) is 6.08. The largest absolute Gasteiger partial charge is 0.460 e. The molecule has 186 valence electrons. The lowest BCUT2D eigenvalue weighted by Crippen LogP contribution is -2.53. The van der Waals surface area contributed by atoms with Gasteiger partial charge in [-0.3, -0.25) is 4.98 Å². The van der Waals surface area contributed by atoms with Crippen LogP contribution in [-0.4, -0.2) is 40.1 Å². The SMILES string of the molecule is CCO/N=C(\C)c1ccccc1-c1ccc(/C=C/C2C(CC)C(C)CC3(O)C(=O)OC(C)C23)nc1. The number of aliphatic hydroxyl groups is 1. The van der Waals surface area contributed by atoms with E-state index in [0.717, 1.165) is 34.5 Å². The van der Waals surface area contributed by atoms with E-state index in [0.29, 0.717) is 18.9 Å². The molecule has 1 aromatic carbocycles. The van der Waals surface area contributed by atoms with Gasteiger partial charge in [0.15, 0.2) is 5.60 Å². The maximum atomic E-state index is 12.5. The highest BCUT2D eigenvalue weighted by atomic mass is 16.6. The molecule has 2 fully saturated rings. The monoisotopic (exact) mass is 476 g/mol. The number of allylic oxidation sites excluding steroid dienone is 1. The molecule has 0 spiro atoms. The van der Waals surface area contributed by atoms with E-state index in [9.17, 15) is 9.90 Å². The summed E-state index contributed by atoms with van der Waals surface area (Å²) < 4.78 is 5.50. The quantitative estimate of drug-likeness (QED) is 0.324. The minimum absolute atomic E-state index is 0.0369. The summed E-state index contributed by atoms with van der Waals surface area (Å²) >= 11 is 0. The van der Waals surface area contributed by atoms with E-state index in [1.165, 1.54) is 0 Å². The molecule has 1 aliphatic carbocycles. The van der Waals surface area contributed by atoms with Crippen molar-refractivity contribution in [3.8, 4) is 11.1 Å². The molecule has 1 saturated carbocycles. The lowest BCUT2D eigenvalue weighted by Gasteiger charge is -2.45. The molecular weight excluding hydrogens is 440 g/mol. The minimum Gasteiger partial charge on any atom is -0.460 e. The second kappa shape index (κ2) is 10.3. The number of hydrogen-bond donors (Lipinski definition) is 1. The summed E-state index contributed by atoms with van der Waals surface area (Å²) in [6.07, 6.45) is 7.15. The highest BCUT2D eigenvalue weighted by Gasteiger charge is 2.62. The molecule has 0 amide bonds. The zero-order valence-electron chi connectivity index (χ0n) is 21.3. The Labute approximate surface area is 208 Å². The first kappa shape index (κ1) is 25.1. The summed E-state index contributed by atoms with van der Waals surface area (Å²) in [5.74, 6) is -0.0884. The Bertz CT molecular complexity index is 1110. The van der Waals surface area contributed by atoms with Gasteiger partial charge in [0.1, 0.15) is 12.7 Å². The highest BCUT2D eigenvalue weighted by Crippen LogP contribution is 2.52. The highest BCUT2D eigenvalue weighted by molar-refractivity contribution is 6.04. The molecule has 2 aromatic rings. The molecule has 0 bridgehead atoms. The van der Waals surface area contributed by atoms with Gasteiger partial charge >= 0.3 is 5.97 Å². The maximum Gasteiger partial charge on any atom is 0.338 e. The average molecular weight is 477 g/mol. The van der Waals surface area contributed by atoms with E-state index in [-0.39, 0.29) is 23.9 Å². The van der Waals surface area contributed by atoms with Gasteiger partial charge in [0, 0.05) is 23.2 Å². The third-order valence-electron chi connectivity index (χ3n) is 7.68. The van der Waals surface area contributed by atoms with E-state index < -0.39 is 11.6 Å². The van der Waals surface area contributed by atoms with Crippen LogP contribution in [0.5, 0.6) is 0 Å². The summed E-state index contributed by atoms with van der Waals surface area (Å²) in [6, 6.07) is 12.1. The number of esters is 1. The summed E-state index contributed by atoms with van der Waals surface area (Å²) in [5.41, 5.74) is 3.30. The Balaban J connectivity index is 1.60. The van der Waals surface area contributed by atoms with E-state index in [1.54, 1.807) is 0 Å². The van der Waals surface area contributed by atoms with Crippen LogP contribution in [0.2, 0.25) is 0 Å². The lowest BCUT2D eigenvalue weighted by molar-refractivity contribution is -0.160. The van der Waals surface area contributed by atoms with Gasteiger partial charge in [-0.1, -0.05) is 61.8 Å². The predicted octanol–water partition coefficient (Wildman–Crippen LogP) is 5.50. The van der Waals surface area contributed by atoms with Crippen molar-refractivity contribution in [3.63, 3.8) is 0 Å². The van der Waals surface area contributed by atoms with Gasteiger partial charge in [0.25, 0.3) is 0 Å². The predicted molar refractivity (Wildman–Crippen MR) is 138 cm³/mol. The summed E-state index contributed by atoms with van der Waals surface area (Å²) in [7, 11) is 0. The van der Waals surface area contributed by atoms with Crippen LogP contribution in [0.25, 0.3) is 17.2 Å². The van der Waals surface area contributed by atoms with Crippen LogP contribution < -0.4 is 0 Å². The summed E-state index contributed by atoms with van der Waals surface area (Å²) in [6.45, 7) is 10.6. The van der Waals surface area contributed by atoms with E-state index in [2.05, 4.69) is 37.2 Å². The molecule has 6 heteroatoms. The van der Waals surface area contributed by atoms with Gasteiger partial charge in [-0.25, -0.2) is 4.79 Å². The first-order valence-corrected chi connectivity index (χ1v) is 12.6. The van der Waals surface area contributed by atoms with Crippen LogP contribution in [0.1, 0.15) is 58.7 Å². The second-order valence-electron chi connectivity index (χ2n) is 9.86. The lowest BCUT2D eigenvalue weighted by atomic mass is 9.59. The minimum atomic E-state index is -1.40. The van der Waals surface area contributed by atoms with Crippen molar-refractivity contribution in [2.75, 3.05) is 6.61 Å². The van der Waals surface area contributed by atoms with Crippen LogP contribution in [0.3, 0.4) is 0 Å². The Hall–Kier alpha value is -2.99. The molecule has 35 heavy (non-hydrogen) atoms. The van der Waals surface area contributed by atoms with Gasteiger partial charge in [0.05, 0.1) is 11.4 Å². The van der Waals surface area contributed by atoms with Crippen molar-refractivity contribution in [3.05, 3.63) is 59.9 Å². The Morgan fingerprint density at radius 1 is 1.26 bits per heavy atom. The maximum absolute atomic E-state index is 12.5. The number of carbonyl (C=O) groups is 1. The summed E-state index contributed by atoms with van der Waals surface area (Å²) in [5, 5.41) is 15.4. The first-order valence-electron chi connectivity index (χ1n) is 12.6. The van der Waals surface area contributed by atoms with E-state index >= 15 is 0 Å². The summed E-state index contributed by atoms with van der Waals surface area (Å²) in [4.78, 5) is 22.4. The number of nitrogens with zero attached hydrogens (tertiary/aromatic N) is 2. The number of benzene rings is 1. The molecule has 4 rings (SSSR count). The van der Waals surface area contributed by atoms with Gasteiger partial charge < -0.3 is 14.7 Å². The number of oxime groups is 1. The normalized spacial score (nSPS) is 30.9. The van der Waals surface area contributed by atoms with Crippen LogP contribution in [0.15, 0.2) is 53.8 Å². The number of ether oxygens (including phenoxy) is 1. The second-order valence-corrected chi connectivity index (χ2v) is 9.86. The van der Waals surface area contributed by atoms with E-state index in [4.69, 9.17) is 14.6 Å². The molecule has 1 aromatic heterocycles. The van der Waals surface area contributed by atoms with Gasteiger partial charge in [-0.2, -0.15) is 0 Å². The fourth-order valence-corrected chi connectivity index (χ4v) is 6.08. The van der Waals surface area contributed by atoms with Crippen molar-refractivity contribution in [1.29, 1.82) is 0 Å². The molecular formula is C29H36N2O4. The smallest absolute Gasteiger partial charge is 0.338 e. The molecule has 0 radical (unpaired) electrons. The zero-order valence-corrected chi connectivity index (χ0v) is 21.3. The van der Waals surface area contributed by atoms with Gasteiger partial charge in [-0.15, -0.1) is 0 Å². The molecule has 6 atom stereocenters. The topological polar surface area (TPSA) is 81.0 Å².